The number of hydrogen-bond donors (Lipinski definition) is 0. The van der Waals surface area contributed by atoms with E-state index in [-0.39, 0.29) is 34.8 Å². The van der Waals surface area contributed by atoms with E-state index in [9.17, 15) is 9.59 Å². The van der Waals surface area contributed by atoms with Crippen LogP contribution in [0.15, 0.2) is 35.6 Å². The van der Waals surface area contributed by atoms with Crippen molar-refractivity contribution in [3.05, 3.63) is 41.2 Å². The maximum Gasteiger partial charge on any atom is 0.290 e. The average molecular weight is 461 g/mol. The van der Waals surface area contributed by atoms with Crippen molar-refractivity contribution in [3.63, 3.8) is 0 Å². The molecule has 0 N–H and O–H groups in total. The number of ether oxygens (including phenoxy) is 3. The number of alkyl halides is 1. The van der Waals surface area contributed by atoms with E-state index in [4.69, 9.17) is 25.8 Å². The van der Waals surface area contributed by atoms with Gasteiger partial charge in [0.1, 0.15) is 11.9 Å². The first-order chi connectivity index (χ1) is 15.6. The highest BCUT2D eigenvalue weighted by Gasteiger charge is 2.53. The Bertz CT molecular complexity index is 929. The lowest BCUT2D eigenvalue weighted by molar-refractivity contribution is -0.135. The van der Waals surface area contributed by atoms with Crippen molar-refractivity contribution < 1.29 is 23.8 Å². The van der Waals surface area contributed by atoms with Crippen molar-refractivity contribution >= 4 is 23.3 Å². The summed E-state index contributed by atoms with van der Waals surface area (Å²) in [5.74, 6) is 0.379. The minimum absolute atomic E-state index is 0.000251. The van der Waals surface area contributed by atoms with Crippen LogP contribution < -0.4 is 4.74 Å². The summed E-state index contributed by atoms with van der Waals surface area (Å²) in [5, 5.41) is -0.0369. The third-order valence-corrected chi connectivity index (χ3v) is 7.47. The normalized spacial score (nSPS) is 30.8. The van der Waals surface area contributed by atoms with E-state index in [2.05, 4.69) is 4.90 Å². The Morgan fingerprint density at radius 1 is 1.12 bits per heavy atom. The quantitative estimate of drug-likeness (QED) is 0.629. The molecule has 0 bridgehead atoms. The summed E-state index contributed by atoms with van der Waals surface area (Å²) >= 11 is 6.40. The van der Waals surface area contributed by atoms with Crippen molar-refractivity contribution in [2.75, 3.05) is 46.5 Å². The van der Waals surface area contributed by atoms with E-state index >= 15 is 0 Å². The number of carbonyl (C=O) groups excluding carboxylic acids is 2. The Labute approximate surface area is 193 Å². The number of ketones is 1. The van der Waals surface area contributed by atoms with Gasteiger partial charge in [0.2, 0.25) is 0 Å². The molecule has 1 saturated heterocycles. The largest absolute Gasteiger partial charge is 0.496 e. The highest BCUT2D eigenvalue weighted by atomic mass is 35.5. The van der Waals surface area contributed by atoms with Crippen LogP contribution in [0.1, 0.15) is 30.9 Å². The number of nitrogens with zero attached hydrogens (tertiary/aromatic N) is 2. The molecule has 0 spiro atoms. The Morgan fingerprint density at radius 2 is 1.91 bits per heavy atom. The van der Waals surface area contributed by atoms with Crippen LogP contribution >= 0.6 is 11.6 Å². The van der Waals surface area contributed by atoms with Gasteiger partial charge < -0.3 is 19.1 Å². The van der Waals surface area contributed by atoms with Crippen LogP contribution in [0.4, 0.5) is 0 Å². The van der Waals surface area contributed by atoms with Crippen LogP contribution in [0.25, 0.3) is 0 Å². The standard InChI is InChI=1S/C24H29ClN2O5/c1-30-18-5-3-2-4-16(18)21-20-22(28)17-14-15(25)6-7-19(17)32-23(20)24(29)27(21)9-8-26-10-12-31-13-11-26/h2-5,15,17,19,21H,6-14H2,1H3. The molecule has 32 heavy (non-hydrogen) atoms. The number of para-hydroxylation sites is 1. The van der Waals surface area contributed by atoms with Crippen LogP contribution in [0.2, 0.25) is 0 Å². The van der Waals surface area contributed by atoms with Gasteiger partial charge in [-0.05, 0) is 25.3 Å². The number of amides is 1. The molecule has 5 rings (SSSR count). The van der Waals surface area contributed by atoms with E-state index in [0.29, 0.717) is 50.5 Å². The van der Waals surface area contributed by atoms with Gasteiger partial charge in [0, 0.05) is 37.1 Å². The number of morpholine rings is 1. The molecule has 0 radical (unpaired) electrons. The molecule has 4 atom stereocenters. The number of carbonyl (C=O) groups is 2. The third-order valence-electron chi connectivity index (χ3n) is 7.07. The van der Waals surface area contributed by atoms with Crippen LogP contribution in [-0.4, -0.2) is 79.5 Å². The topological polar surface area (TPSA) is 68.3 Å². The summed E-state index contributed by atoms with van der Waals surface area (Å²) < 4.78 is 17.3. The molecule has 7 nitrogen and oxygen atoms in total. The molecule has 4 aliphatic rings. The maximum absolute atomic E-state index is 13.7. The monoisotopic (exact) mass is 460 g/mol. The maximum atomic E-state index is 13.7. The summed E-state index contributed by atoms with van der Waals surface area (Å²) in [6.45, 7) is 4.29. The second kappa shape index (κ2) is 9.04. The van der Waals surface area contributed by atoms with Crippen molar-refractivity contribution in [1.82, 2.24) is 9.80 Å². The number of methoxy groups -OCH3 is 1. The summed E-state index contributed by atoms with van der Waals surface area (Å²) in [6.07, 6.45) is 1.81. The van der Waals surface area contributed by atoms with Gasteiger partial charge in [0.05, 0.1) is 37.9 Å². The molecule has 3 heterocycles. The van der Waals surface area contributed by atoms with Crippen LogP contribution in [0.3, 0.4) is 0 Å². The number of halogens is 1. The zero-order valence-electron chi connectivity index (χ0n) is 18.3. The van der Waals surface area contributed by atoms with Crippen LogP contribution in [-0.2, 0) is 19.1 Å². The fourth-order valence-electron chi connectivity index (χ4n) is 5.38. The van der Waals surface area contributed by atoms with Crippen molar-refractivity contribution in [2.45, 2.75) is 36.8 Å². The molecule has 2 fully saturated rings. The molecule has 1 amide bonds. The first-order valence-electron chi connectivity index (χ1n) is 11.4. The third kappa shape index (κ3) is 3.80. The molecule has 1 aliphatic carbocycles. The van der Waals surface area contributed by atoms with Crippen molar-refractivity contribution in [2.24, 2.45) is 5.92 Å². The zero-order chi connectivity index (χ0) is 22.2. The number of Topliss-reactive ketones (excluding diaryl/α,β-unsaturated/α-hetero) is 1. The fourth-order valence-corrected chi connectivity index (χ4v) is 5.70. The zero-order valence-corrected chi connectivity index (χ0v) is 19.1. The number of benzene rings is 1. The average Bonchev–Trinajstić information content (AvgIpc) is 3.10. The van der Waals surface area contributed by atoms with Gasteiger partial charge in [0.15, 0.2) is 11.5 Å². The van der Waals surface area contributed by atoms with Gasteiger partial charge in [-0.25, -0.2) is 0 Å². The van der Waals surface area contributed by atoms with Gasteiger partial charge in [-0.1, -0.05) is 18.2 Å². The first kappa shape index (κ1) is 21.7. The van der Waals surface area contributed by atoms with E-state index in [1.54, 1.807) is 12.0 Å². The first-order valence-corrected chi connectivity index (χ1v) is 11.8. The lowest BCUT2D eigenvalue weighted by Crippen LogP contribution is -2.43. The highest BCUT2D eigenvalue weighted by Crippen LogP contribution is 2.48. The van der Waals surface area contributed by atoms with Gasteiger partial charge in [-0.15, -0.1) is 11.6 Å². The van der Waals surface area contributed by atoms with Crippen molar-refractivity contribution in [1.29, 1.82) is 0 Å². The van der Waals surface area contributed by atoms with Gasteiger partial charge in [-0.2, -0.15) is 0 Å². The molecule has 0 aromatic heterocycles. The minimum Gasteiger partial charge on any atom is -0.496 e. The summed E-state index contributed by atoms with van der Waals surface area (Å²) in [7, 11) is 1.61. The molecular formula is C24H29ClN2O5. The lowest BCUT2D eigenvalue weighted by Gasteiger charge is -2.37. The Morgan fingerprint density at radius 3 is 2.69 bits per heavy atom. The molecule has 1 aromatic rings. The summed E-state index contributed by atoms with van der Waals surface area (Å²) in [5.41, 5.74) is 1.28. The predicted octanol–water partition coefficient (Wildman–Crippen LogP) is 2.54. The van der Waals surface area contributed by atoms with Crippen LogP contribution in [0, 0.1) is 5.92 Å². The minimum atomic E-state index is -0.515. The molecule has 172 valence electrons. The predicted molar refractivity (Wildman–Crippen MR) is 119 cm³/mol. The van der Waals surface area contributed by atoms with Gasteiger partial charge in [-0.3, -0.25) is 14.5 Å². The van der Waals surface area contributed by atoms with E-state index < -0.39 is 6.04 Å². The Hall–Kier alpha value is -2.09. The Kier molecular flexibility index (Phi) is 6.14. The van der Waals surface area contributed by atoms with Gasteiger partial charge in [0.25, 0.3) is 5.91 Å². The smallest absolute Gasteiger partial charge is 0.290 e. The van der Waals surface area contributed by atoms with Gasteiger partial charge >= 0.3 is 0 Å². The van der Waals surface area contributed by atoms with E-state index in [1.807, 2.05) is 24.3 Å². The molecule has 8 heteroatoms. The lowest BCUT2D eigenvalue weighted by atomic mass is 9.77. The molecule has 3 aliphatic heterocycles. The second-order valence-electron chi connectivity index (χ2n) is 8.88. The number of rotatable bonds is 5. The Balaban J connectivity index is 1.50. The molecule has 1 saturated carbocycles. The molecular weight excluding hydrogens is 432 g/mol. The van der Waals surface area contributed by atoms with Crippen LogP contribution in [0.5, 0.6) is 5.75 Å². The second-order valence-corrected chi connectivity index (χ2v) is 9.49. The fraction of sp³-hybridized carbons (Fsp3) is 0.583. The van der Waals surface area contributed by atoms with Crippen molar-refractivity contribution in [3.8, 4) is 5.75 Å². The highest BCUT2D eigenvalue weighted by molar-refractivity contribution is 6.21. The molecule has 4 unspecified atom stereocenters. The number of hydrogen-bond acceptors (Lipinski definition) is 6. The summed E-state index contributed by atoms with van der Waals surface area (Å²) in [6, 6.07) is 7.08. The number of fused-ring (bicyclic) bond motifs is 1. The summed E-state index contributed by atoms with van der Waals surface area (Å²) in [4.78, 5) is 31.4. The van der Waals surface area contributed by atoms with E-state index in [0.717, 1.165) is 25.1 Å². The SMILES string of the molecule is COc1ccccc1C1C2=C(OC3CCC(Cl)CC3C2=O)C(=O)N1CCN1CCOCC1. The van der Waals surface area contributed by atoms with E-state index in [1.165, 1.54) is 0 Å². The molecule has 1 aromatic carbocycles.